The fourth-order valence-corrected chi connectivity index (χ4v) is 1.79. The highest BCUT2D eigenvalue weighted by molar-refractivity contribution is 7.85. The molecule has 0 unspecified atom stereocenters. The summed E-state index contributed by atoms with van der Waals surface area (Å²) in [7, 11) is -4.60. The minimum absolute atomic E-state index is 0.169. The van der Waals surface area contributed by atoms with Gasteiger partial charge in [-0.1, -0.05) is 0 Å². The van der Waals surface area contributed by atoms with E-state index in [1.54, 1.807) is 6.92 Å². The number of hydrogen-bond donors (Lipinski definition) is 1. The van der Waals surface area contributed by atoms with Crippen LogP contribution in [0.15, 0.2) is 12.1 Å². The van der Waals surface area contributed by atoms with E-state index in [1.165, 1.54) is 12.1 Å². The summed E-state index contributed by atoms with van der Waals surface area (Å²) in [5.74, 6) is -0.766. The van der Waals surface area contributed by atoms with E-state index in [4.69, 9.17) is 5.73 Å². The second kappa shape index (κ2) is 3.98. The van der Waals surface area contributed by atoms with Gasteiger partial charge in [0.2, 0.25) is 0 Å². The third-order valence-corrected chi connectivity index (χ3v) is 2.69. The Balaban J connectivity index is 3.23. The van der Waals surface area contributed by atoms with E-state index in [0.717, 1.165) is 0 Å². The van der Waals surface area contributed by atoms with Crippen molar-refractivity contribution in [3.63, 3.8) is 0 Å². The molecule has 0 saturated heterocycles. The van der Waals surface area contributed by atoms with Gasteiger partial charge in [-0.05, 0) is 30.2 Å². The largest absolute Gasteiger partial charge is 0.398 e. The quantitative estimate of drug-likeness (QED) is 0.481. The lowest BCUT2D eigenvalue weighted by molar-refractivity contribution is 0.112. The predicted octanol–water partition coefficient (Wildman–Crippen LogP) is 1.19. The average molecular weight is 231 g/mol. The second-order valence-electron chi connectivity index (χ2n) is 3.20. The van der Waals surface area contributed by atoms with Crippen molar-refractivity contribution in [2.45, 2.75) is 12.7 Å². The third-order valence-electron chi connectivity index (χ3n) is 2.01. The molecule has 0 aliphatic carbocycles. The highest BCUT2D eigenvalue weighted by Crippen LogP contribution is 2.19. The summed E-state index contributed by atoms with van der Waals surface area (Å²) >= 11 is 0. The molecular weight excluding hydrogens is 221 g/mol. The molecule has 0 aliphatic heterocycles. The van der Waals surface area contributed by atoms with Gasteiger partial charge in [-0.25, -0.2) is 0 Å². The van der Waals surface area contributed by atoms with Gasteiger partial charge in [-0.3, -0.25) is 4.79 Å². The van der Waals surface area contributed by atoms with Crippen LogP contribution in [0.25, 0.3) is 0 Å². The van der Waals surface area contributed by atoms with Crippen molar-refractivity contribution in [3.05, 3.63) is 28.8 Å². The SMILES string of the molecule is Cc1c(N)cc(CS(=O)(=O)F)cc1C=O. The van der Waals surface area contributed by atoms with Crippen LogP contribution in [0.4, 0.5) is 9.57 Å². The number of benzene rings is 1. The van der Waals surface area contributed by atoms with E-state index >= 15 is 0 Å². The van der Waals surface area contributed by atoms with Gasteiger partial charge in [-0.15, -0.1) is 3.89 Å². The van der Waals surface area contributed by atoms with Crippen LogP contribution in [-0.2, 0) is 16.0 Å². The molecule has 0 amide bonds. The summed E-state index contributed by atoms with van der Waals surface area (Å²) in [6.07, 6.45) is 0.556. The monoisotopic (exact) mass is 231 g/mol. The number of carbonyl (C=O) groups is 1. The maximum absolute atomic E-state index is 12.4. The van der Waals surface area contributed by atoms with Gasteiger partial charge in [0.15, 0.2) is 0 Å². The fraction of sp³-hybridized carbons (Fsp3) is 0.222. The van der Waals surface area contributed by atoms with E-state index < -0.39 is 16.0 Å². The molecule has 1 aromatic carbocycles. The molecule has 0 radical (unpaired) electrons. The van der Waals surface area contributed by atoms with Crippen molar-refractivity contribution < 1.29 is 17.1 Å². The minimum atomic E-state index is -4.60. The van der Waals surface area contributed by atoms with Crippen LogP contribution in [0.3, 0.4) is 0 Å². The highest BCUT2D eigenvalue weighted by Gasteiger charge is 2.11. The van der Waals surface area contributed by atoms with Crippen molar-refractivity contribution in [1.29, 1.82) is 0 Å². The predicted molar refractivity (Wildman–Crippen MR) is 54.7 cm³/mol. The minimum Gasteiger partial charge on any atom is -0.398 e. The van der Waals surface area contributed by atoms with E-state index in [9.17, 15) is 17.1 Å². The normalized spacial score (nSPS) is 11.3. The smallest absolute Gasteiger partial charge is 0.306 e. The third kappa shape index (κ3) is 3.02. The molecule has 15 heavy (non-hydrogen) atoms. The maximum atomic E-state index is 12.4. The lowest BCUT2D eigenvalue weighted by Gasteiger charge is -2.06. The Hall–Kier alpha value is -1.43. The zero-order chi connectivity index (χ0) is 11.6. The molecule has 4 nitrogen and oxygen atoms in total. The Morgan fingerprint density at radius 1 is 1.47 bits per heavy atom. The second-order valence-corrected chi connectivity index (χ2v) is 4.57. The molecule has 0 spiro atoms. The molecule has 0 aromatic heterocycles. The van der Waals surface area contributed by atoms with Gasteiger partial charge >= 0.3 is 10.2 Å². The number of anilines is 1. The molecular formula is C9H10FNO3S. The van der Waals surface area contributed by atoms with Crippen LogP contribution in [0.1, 0.15) is 21.5 Å². The first kappa shape index (κ1) is 11.6. The Kier molecular flexibility index (Phi) is 3.09. The Morgan fingerprint density at radius 2 is 2.07 bits per heavy atom. The zero-order valence-corrected chi connectivity index (χ0v) is 8.84. The first-order valence-corrected chi connectivity index (χ1v) is 5.65. The van der Waals surface area contributed by atoms with E-state index in [2.05, 4.69) is 0 Å². The molecule has 1 rings (SSSR count). The fourth-order valence-electron chi connectivity index (χ4n) is 1.23. The number of rotatable bonds is 3. The summed E-state index contributed by atoms with van der Waals surface area (Å²) in [6.45, 7) is 1.63. The summed E-state index contributed by atoms with van der Waals surface area (Å²) in [5.41, 5.74) is 6.82. The number of halogens is 1. The van der Waals surface area contributed by atoms with Crippen molar-refractivity contribution in [2.24, 2.45) is 0 Å². The van der Waals surface area contributed by atoms with Crippen molar-refractivity contribution in [3.8, 4) is 0 Å². The molecule has 2 N–H and O–H groups in total. The molecule has 0 atom stereocenters. The maximum Gasteiger partial charge on any atom is 0.306 e. The molecule has 1 aromatic rings. The highest BCUT2D eigenvalue weighted by atomic mass is 32.3. The number of carbonyl (C=O) groups excluding carboxylic acids is 1. The van der Waals surface area contributed by atoms with E-state index in [0.29, 0.717) is 11.8 Å². The van der Waals surface area contributed by atoms with E-state index in [1.807, 2.05) is 0 Å². The first-order valence-electron chi connectivity index (χ1n) is 4.10. The van der Waals surface area contributed by atoms with Gasteiger partial charge < -0.3 is 5.73 Å². The standard InChI is InChI=1S/C9H10FNO3S/c1-6-8(4-12)2-7(3-9(6)11)5-15(10,13)14/h2-4H,5,11H2,1H3. The molecule has 0 bridgehead atoms. The molecule has 0 aliphatic rings. The molecule has 82 valence electrons. The van der Waals surface area contributed by atoms with Gasteiger partial charge in [-0.2, -0.15) is 8.42 Å². The molecule has 0 heterocycles. The lowest BCUT2D eigenvalue weighted by Crippen LogP contribution is -2.01. The summed E-state index contributed by atoms with van der Waals surface area (Å²) in [5, 5.41) is 0. The van der Waals surface area contributed by atoms with Gasteiger partial charge in [0.25, 0.3) is 0 Å². The van der Waals surface area contributed by atoms with Crippen LogP contribution in [0.2, 0.25) is 0 Å². The Labute approximate surface area is 87.1 Å². The van der Waals surface area contributed by atoms with Gasteiger partial charge in [0.05, 0.1) is 0 Å². The Bertz CT molecular complexity index is 496. The Morgan fingerprint density at radius 3 is 2.53 bits per heavy atom. The number of nitrogens with two attached hydrogens (primary N) is 1. The molecule has 0 fully saturated rings. The zero-order valence-electron chi connectivity index (χ0n) is 8.03. The van der Waals surface area contributed by atoms with Crippen LogP contribution in [0.5, 0.6) is 0 Å². The van der Waals surface area contributed by atoms with Crippen molar-refractivity contribution in [1.82, 2.24) is 0 Å². The topological polar surface area (TPSA) is 77.2 Å². The first-order chi connectivity index (χ1) is 6.83. The molecule has 0 saturated carbocycles. The van der Waals surface area contributed by atoms with Crippen LogP contribution in [-0.4, -0.2) is 14.7 Å². The van der Waals surface area contributed by atoms with E-state index in [-0.39, 0.29) is 16.8 Å². The summed E-state index contributed by atoms with van der Waals surface area (Å²) < 4.78 is 33.2. The number of hydrogen-bond acceptors (Lipinski definition) is 4. The van der Waals surface area contributed by atoms with Crippen molar-refractivity contribution >= 4 is 22.2 Å². The summed E-state index contributed by atoms with van der Waals surface area (Å²) in [4.78, 5) is 10.6. The molecule has 6 heteroatoms. The number of nitrogen functional groups attached to an aromatic ring is 1. The summed E-state index contributed by atoms with van der Waals surface area (Å²) in [6, 6.07) is 2.66. The van der Waals surface area contributed by atoms with Gasteiger partial charge in [0, 0.05) is 11.3 Å². The van der Waals surface area contributed by atoms with Crippen LogP contribution < -0.4 is 5.73 Å². The lowest BCUT2D eigenvalue weighted by atomic mass is 10.0. The van der Waals surface area contributed by atoms with Crippen LogP contribution in [0, 0.1) is 6.92 Å². The van der Waals surface area contributed by atoms with Crippen molar-refractivity contribution in [2.75, 3.05) is 5.73 Å². The number of aldehydes is 1. The van der Waals surface area contributed by atoms with Gasteiger partial charge in [0.1, 0.15) is 12.0 Å². The average Bonchev–Trinajstić information content (AvgIpc) is 2.08. The van der Waals surface area contributed by atoms with Crippen LogP contribution >= 0.6 is 0 Å².